The van der Waals surface area contributed by atoms with Crippen LogP contribution in [0.5, 0.6) is 0 Å². The van der Waals surface area contributed by atoms with E-state index in [1.54, 1.807) is 12.1 Å². The van der Waals surface area contributed by atoms with Crippen molar-refractivity contribution >= 4 is 10.2 Å². The predicted octanol–water partition coefficient (Wildman–Crippen LogP) is 6.27. The van der Waals surface area contributed by atoms with Crippen molar-refractivity contribution in [2.75, 3.05) is 0 Å². The summed E-state index contributed by atoms with van der Waals surface area (Å²) in [6.07, 6.45) is 6.79. The van der Waals surface area contributed by atoms with Crippen molar-refractivity contribution in [3.63, 3.8) is 0 Å². The molecule has 0 spiro atoms. The molecule has 1 fully saturated rings. The minimum Gasteiger partial charge on any atom is -0.206 e. The van der Waals surface area contributed by atoms with Crippen LogP contribution in [0, 0.1) is 30.4 Å². The van der Waals surface area contributed by atoms with E-state index < -0.39 is 11.6 Å². The summed E-state index contributed by atoms with van der Waals surface area (Å²) in [5, 5.41) is 0. The minimum atomic E-state index is -0.457. The maximum atomic E-state index is 14.5. The molecular formula is C22H25F2Si. The van der Waals surface area contributed by atoms with Crippen LogP contribution >= 0.6 is 0 Å². The monoisotopic (exact) mass is 355 g/mol. The van der Waals surface area contributed by atoms with E-state index >= 15 is 0 Å². The van der Waals surface area contributed by atoms with Gasteiger partial charge in [0.2, 0.25) is 0 Å². The van der Waals surface area contributed by atoms with E-state index in [-0.39, 0.29) is 5.56 Å². The Morgan fingerprint density at radius 1 is 0.920 bits per heavy atom. The number of benzene rings is 2. The van der Waals surface area contributed by atoms with E-state index in [1.165, 1.54) is 37.8 Å². The van der Waals surface area contributed by atoms with Gasteiger partial charge in [-0.1, -0.05) is 61.6 Å². The van der Waals surface area contributed by atoms with Gasteiger partial charge in [-0.3, -0.25) is 0 Å². The van der Waals surface area contributed by atoms with Crippen molar-refractivity contribution in [1.29, 1.82) is 0 Å². The normalized spacial score (nSPS) is 20.6. The smallest absolute Gasteiger partial charge is 0.134 e. The van der Waals surface area contributed by atoms with Gasteiger partial charge in [-0.15, -0.1) is 0 Å². The van der Waals surface area contributed by atoms with Crippen molar-refractivity contribution in [2.24, 2.45) is 11.8 Å². The van der Waals surface area contributed by atoms with Crippen molar-refractivity contribution in [1.82, 2.24) is 0 Å². The molecule has 131 valence electrons. The third-order valence-electron chi connectivity index (χ3n) is 5.54. The largest absolute Gasteiger partial charge is 0.206 e. The van der Waals surface area contributed by atoms with Crippen LogP contribution in [-0.4, -0.2) is 10.2 Å². The Morgan fingerprint density at radius 2 is 1.48 bits per heavy atom. The van der Waals surface area contributed by atoms with Crippen LogP contribution in [0.1, 0.15) is 43.2 Å². The fraction of sp³-hybridized carbons (Fsp3) is 0.455. The first kappa shape index (κ1) is 18.3. The zero-order chi connectivity index (χ0) is 17.8. The second-order valence-corrected chi connectivity index (χ2v) is 7.84. The Morgan fingerprint density at radius 3 is 2.04 bits per heavy atom. The highest BCUT2D eigenvalue weighted by atomic mass is 28.1. The zero-order valence-corrected chi connectivity index (χ0v) is 15.8. The molecule has 3 rings (SSSR count). The van der Waals surface area contributed by atoms with Gasteiger partial charge in [0.1, 0.15) is 11.6 Å². The summed E-state index contributed by atoms with van der Waals surface area (Å²) in [7, 11) is 3.62. The molecule has 0 unspecified atom stereocenters. The maximum Gasteiger partial charge on any atom is 0.134 e. The van der Waals surface area contributed by atoms with E-state index in [0.29, 0.717) is 11.5 Å². The van der Waals surface area contributed by atoms with Gasteiger partial charge in [0.15, 0.2) is 0 Å². The molecule has 0 bridgehead atoms. The third kappa shape index (κ3) is 4.57. The zero-order valence-electron chi connectivity index (χ0n) is 14.8. The van der Waals surface area contributed by atoms with Crippen LogP contribution in [0.15, 0.2) is 36.4 Å². The Labute approximate surface area is 153 Å². The molecule has 0 amide bonds. The van der Waals surface area contributed by atoms with Gasteiger partial charge >= 0.3 is 0 Å². The molecular weight excluding hydrogens is 330 g/mol. The molecule has 25 heavy (non-hydrogen) atoms. The molecule has 0 N–H and O–H groups in total. The van der Waals surface area contributed by atoms with E-state index in [1.807, 2.05) is 19.1 Å². The predicted molar refractivity (Wildman–Crippen MR) is 101 cm³/mol. The lowest BCUT2D eigenvalue weighted by Gasteiger charge is -2.27. The summed E-state index contributed by atoms with van der Waals surface area (Å²) >= 11 is 0. The number of hydrogen-bond acceptors (Lipinski definition) is 0. The van der Waals surface area contributed by atoms with Crippen molar-refractivity contribution < 1.29 is 8.78 Å². The minimum absolute atomic E-state index is 0.0846. The lowest BCUT2D eigenvalue weighted by molar-refractivity contribution is 0.278. The van der Waals surface area contributed by atoms with Gasteiger partial charge in [0, 0.05) is 10.2 Å². The van der Waals surface area contributed by atoms with E-state index in [2.05, 4.69) is 10.2 Å². The number of hydrogen-bond donors (Lipinski definition) is 0. The highest BCUT2D eigenvalue weighted by Crippen LogP contribution is 2.34. The highest BCUT2D eigenvalue weighted by molar-refractivity contribution is 6.08. The molecule has 0 heterocycles. The standard InChI is InChI=1S/C22H25F2Si/c1-15-2-10-19(11-3-15)22-20(23)12-18(13-21(22)24)9-6-16-4-7-17(14-25)8-5-16/h2-3,10-13,16-17H,4-9,14H2,1H3. The SMILES string of the molecule is Cc1ccc(-c2c(F)cc(CCC3CCC(C[Si])CC3)cc2F)cc1. The van der Waals surface area contributed by atoms with E-state index in [9.17, 15) is 8.78 Å². The van der Waals surface area contributed by atoms with Gasteiger partial charge in [-0.25, -0.2) is 8.78 Å². The van der Waals surface area contributed by atoms with Crippen LogP contribution in [0.3, 0.4) is 0 Å². The van der Waals surface area contributed by atoms with Gasteiger partial charge in [-0.2, -0.15) is 0 Å². The highest BCUT2D eigenvalue weighted by Gasteiger charge is 2.20. The van der Waals surface area contributed by atoms with E-state index in [0.717, 1.165) is 35.9 Å². The molecule has 2 aromatic rings. The Balaban J connectivity index is 1.67. The summed E-state index contributed by atoms with van der Waals surface area (Å²) in [6, 6.07) is 11.4. The van der Waals surface area contributed by atoms with Crippen LogP contribution < -0.4 is 0 Å². The maximum absolute atomic E-state index is 14.5. The molecule has 2 aromatic carbocycles. The molecule has 1 saturated carbocycles. The van der Waals surface area contributed by atoms with Crippen LogP contribution in [0.2, 0.25) is 6.04 Å². The topological polar surface area (TPSA) is 0 Å². The Kier molecular flexibility index (Phi) is 6.05. The van der Waals surface area contributed by atoms with Crippen LogP contribution in [0.25, 0.3) is 11.1 Å². The lowest BCUT2D eigenvalue weighted by Crippen LogP contribution is -2.14. The third-order valence-corrected chi connectivity index (χ3v) is 6.12. The van der Waals surface area contributed by atoms with Gasteiger partial charge < -0.3 is 0 Å². The van der Waals surface area contributed by atoms with Gasteiger partial charge in [0.25, 0.3) is 0 Å². The average Bonchev–Trinajstić information content (AvgIpc) is 2.61. The molecule has 1 aliphatic carbocycles. The van der Waals surface area contributed by atoms with E-state index in [4.69, 9.17) is 0 Å². The molecule has 0 aliphatic heterocycles. The first-order valence-electron chi connectivity index (χ1n) is 9.26. The molecule has 3 radical (unpaired) electrons. The van der Waals surface area contributed by atoms with Gasteiger partial charge in [-0.05, 0) is 54.9 Å². The molecule has 0 aromatic heterocycles. The Hall–Kier alpha value is -1.48. The van der Waals surface area contributed by atoms with Crippen molar-refractivity contribution in [3.8, 4) is 11.1 Å². The van der Waals surface area contributed by atoms with Crippen molar-refractivity contribution in [3.05, 3.63) is 59.2 Å². The number of rotatable bonds is 5. The van der Waals surface area contributed by atoms with Crippen LogP contribution in [-0.2, 0) is 6.42 Å². The first-order chi connectivity index (χ1) is 12.1. The number of halogens is 2. The van der Waals surface area contributed by atoms with Crippen LogP contribution in [0.4, 0.5) is 8.78 Å². The summed E-state index contributed by atoms with van der Waals surface area (Å²) in [5.74, 6) is 0.581. The molecule has 1 aliphatic rings. The fourth-order valence-electron chi connectivity index (χ4n) is 3.86. The molecule has 0 nitrogen and oxygen atoms in total. The fourth-order valence-corrected chi connectivity index (χ4v) is 4.27. The summed E-state index contributed by atoms with van der Waals surface area (Å²) in [4.78, 5) is 0. The second-order valence-electron chi connectivity index (χ2n) is 7.43. The first-order valence-corrected chi connectivity index (χ1v) is 9.97. The average molecular weight is 356 g/mol. The quantitative estimate of drug-likeness (QED) is 0.555. The lowest BCUT2D eigenvalue weighted by atomic mass is 9.80. The summed E-state index contributed by atoms with van der Waals surface area (Å²) < 4.78 is 29.0. The Bertz CT molecular complexity index is 677. The molecule has 3 heteroatoms. The van der Waals surface area contributed by atoms with Crippen molar-refractivity contribution in [2.45, 2.75) is 51.5 Å². The summed E-state index contributed by atoms with van der Waals surface area (Å²) in [6.45, 7) is 1.96. The summed E-state index contributed by atoms with van der Waals surface area (Å²) in [5.41, 5.74) is 2.53. The van der Waals surface area contributed by atoms with Gasteiger partial charge in [0.05, 0.1) is 5.56 Å². The number of aryl methyl sites for hydroxylation is 2. The second kappa shape index (κ2) is 8.26. The molecule has 0 atom stereocenters. The molecule has 0 saturated heterocycles.